The summed E-state index contributed by atoms with van der Waals surface area (Å²) >= 11 is 1.50. The van der Waals surface area contributed by atoms with Crippen molar-refractivity contribution < 1.29 is 4.79 Å². The van der Waals surface area contributed by atoms with Crippen LogP contribution in [0.5, 0.6) is 0 Å². The number of carbonyl (C=O) groups is 1. The van der Waals surface area contributed by atoms with Gasteiger partial charge in [-0.1, -0.05) is 6.07 Å². The molecule has 5 heteroatoms. The van der Waals surface area contributed by atoms with Gasteiger partial charge in [0.15, 0.2) is 0 Å². The van der Waals surface area contributed by atoms with Crippen molar-refractivity contribution in [2.75, 3.05) is 17.2 Å². The lowest BCUT2D eigenvalue weighted by Gasteiger charge is -2.29. The van der Waals surface area contributed by atoms with Gasteiger partial charge < -0.3 is 10.6 Å². The van der Waals surface area contributed by atoms with Crippen LogP contribution in [0, 0.1) is 6.92 Å². The number of anilines is 2. The van der Waals surface area contributed by atoms with Crippen LogP contribution in [0.15, 0.2) is 23.6 Å². The first-order valence-electron chi connectivity index (χ1n) is 6.27. The molecule has 4 nitrogen and oxygen atoms in total. The Bertz CT molecular complexity index is 635. The molecule has 1 aliphatic rings. The number of hydrogen-bond donors (Lipinski definition) is 1. The van der Waals surface area contributed by atoms with Gasteiger partial charge in [0, 0.05) is 23.3 Å². The highest BCUT2D eigenvalue weighted by Crippen LogP contribution is 2.30. The quantitative estimate of drug-likeness (QED) is 0.813. The molecule has 0 radical (unpaired) electrons. The lowest BCUT2D eigenvalue weighted by molar-refractivity contribution is 0.0981. The fourth-order valence-corrected chi connectivity index (χ4v) is 2.99. The lowest BCUT2D eigenvalue weighted by atomic mass is 10.0. The minimum atomic E-state index is -0.0316. The number of hydrogen-bond acceptors (Lipinski definition) is 4. The predicted molar refractivity (Wildman–Crippen MR) is 77.7 cm³/mol. The highest BCUT2D eigenvalue weighted by atomic mass is 32.1. The molecule has 0 saturated carbocycles. The molecule has 0 unspecified atom stereocenters. The minimum Gasteiger partial charge on any atom is -0.399 e. The van der Waals surface area contributed by atoms with Gasteiger partial charge in [-0.25, -0.2) is 4.98 Å². The maximum absolute atomic E-state index is 12.5. The summed E-state index contributed by atoms with van der Waals surface area (Å²) in [5.74, 6) is -0.0316. The number of amides is 1. The number of nitrogens with two attached hydrogens (primary N) is 1. The highest BCUT2D eigenvalue weighted by Gasteiger charge is 2.25. The third kappa shape index (κ3) is 2.21. The smallest absolute Gasteiger partial charge is 0.277 e. The number of thiazole rings is 1. The van der Waals surface area contributed by atoms with E-state index < -0.39 is 0 Å². The SMILES string of the molecule is Cc1nc(C(=O)N2CCCc3ccc(N)cc32)cs1. The molecule has 1 amide bonds. The Morgan fingerprint density at radius 1 is 1.47 bits per heavy atom. The van der Waals surface area contributed by atoms with Crippen molar-refractivity contribution in [1.82, 2.24) is 4.98 Å². The molecule has 19 heavy (non-hydrogen) atoms. The van der Waals surface area contributed by atoms with Gasteiger partial charge in [0.25, 0.3) is 5.91 Å². The van der Waals surface area contributed by atoms with Gasteiger partial charge in [-0.15, -0.1) is 11.3 Å². The number of benzene rings is 1. The summed E-state index contributed by atoms with van der Waals surface area (Å²) in [6.07, 6.45) is 1.97. The van der Waals surface area contributed by atoms with Crippen molar-refractivity contribution in [1.29, 1.82) is 0 Å². The average molecular weight is 273 g/mol. The van der Waals surface area contributed by atoms with Crippen LogP contribution in [0.25, 0.3) is 0 Å². The molecule has 1 aromatic carbocycles. The first-order chi connectivity index (χ1) is 9.15. The van der Waals surface area contributed by atoms with E-state index in [0.29, 0.717) is 11.4 Å². The lowest BCUT2D eigenvalue weighted by Crippen LogP contribution is -2.35. The molecule has 1 aliphatic heterocycles. The Balaban J connectivity index is 1.99. The van der Waals surface area contributed by atoms with Gasteiger partial charge in [-0.05, 0) is 37.5 Å². The maximum atomic E-state index is 12.5. The first kappa shape index (κ1) is 12.2. The molecule has 0 aliphatic carbocycles. The zero-order chi connectivity index (χ0) is 13.4. The number of nitrogens with zero attached hydrogens (tertiary/aromatic N) is 2. The zero-order valence-electron chi connectivity index (χ0n) is 10.7. The van der Waals surface area contributed by atoms with Gasteiger partial charge >= 0.3 is 0 Å². The number of nitrogen functional groups attached to an aromatic ring is 1. The topological polar surface area (TPSA) is 59.2 Å². The fraction of sp³-hybridized carbons (Fsp3) is 0.286. The summed E-state index contributed by atoms with van der Waals surface area (Å²) in [6.45, 7) is 2.63. The summed E-state index contributed by atoms with van der Waals surface area (Å²) in [5, 5.41) is 2.73. The van der Waals surface area contributed by atoms with E-state index in [9.17, 15) is 4.79 Å². The Kier molecular flexibility index (Phi) is 2.98. The third-order valence-corrected chi connectivity index (χ3v) is 4.08. The molecule has 3 rings (SSSR count). The maximum Gasteiger partial charge on any atom is 0.277 e. The Labute approximate surface area is 115 Å². The second-order valence-corrected chi connectivity index (χ2v) is 5.76. The second-order valence-electron chi connectivity index (χ2n) is 4.70. The van der Waals surface area contributed by atoms with Gasteiger partial charge in [0.1, 0.15) is 5.69 Å². The standard InChI is InChI=1S/C14H15N3OS/c1-9-16-12(8-19-9)14(18)17-6-2-3-10-4-5-11(15)7-13(10)17/h4-5,7-8H,2-3,6,15H2,1H3. The van der Waals surface area contributed by atoms with Crippen molar-refractivity contribution in [2.45, 2.75) is 19.8 Å². The minimum absolute atomic E-state index is 0.0316. The number of aromatic nitrogens is 1. The van der Waals surface area contributed by atoms with Gasteiger partial charge in [0.2, 0.25) is 0 Å². The van der Waals surface area contributed by atoms with E-state index in [1.54, 1.807) is 4.90 Å². The predicted octanol–water partition coefficient (Wildman–Crippen LogP) is 2.63. The van der Waals surface area contributed by atoms with Crippen molar-refractivity contribution >= 4 is 28.6 Å². The molecule has 2 aromatic rings. The molecule has 2 N–H and O–H groups in total. The molecule has 0 bridgehead atoms. The van der Waals surface area contributed by atoms with E-state index in [-0.39, 0.29) is 5.91 Å². The van der Waals surface area contributed by atoms with Crippen LogP contribution in [0.4, 0.5) is 11.4 Å². The largest absolute Gasteiger partial charge is 0.399 e. The van der Waals surface area contributed by atoms with Gasteiger partial charge in [-0.3, -0.25) is 4.79 Å². The van der Waals surface area contributed by atoms with Crippen LogP contribution in [-0.2, 0) is 6.42 Å². The summed E-state index contributed by atoms with van der Waals surface area (Å²) in [5.41, 5.74) is 9.16. The van der Waals surface area contributed by atoms with E-state index in [0.717, 1.165) is 30.1 Å². The molecule has 98 valence electrons. The Morgan fingerprint density at radius 3 is 3.05 bits per heavy atom. The van der Waals surface area contributed by atoms with Gasteiger partial charge in [0.05, 0.1) is 5.01 Å². The summed E-state index contributed by atoms with van der Waals surface area (Å²) in [6, 6.07) is 5.78. The number of fused-ring (bicyclic) bond motifs is 1. The molecular formula is C14H15N3OS. The number of carbonyl (C=O) groups excluding carboxylic acids is 1. The third-order valence-electron chi connectivity index (χ3n) is 3.31. The molecule has 0 saturated heterocycles. The number of rotatable bonds is 1. The summed E-state index contributed by atoms with van der Waals surface area (Å²) in [4.78, 5) is 18.6. The second kappa shape index (κ2) is 4.66. The molecule has 1 aromatic heterocycles. The highest BCUT2D eigenvalue weighted by molar-refractivity contribution is 7.09. The van der Waals surface area contributed by atoms with E-state index in [1.165, 1.54) is 16.9 Å². The van der Waals surface area contributed by atoms with Crippen LogP contribution in [0.1, 0.15) is 27.5 Å². The van der Waals surface area contributed by atoms with Crippen LogP contribution in [0.2, 0.25) is 0 Å². The van der Waals surface area contributed by atoms with Gasteiger partial charge in [-0.2, -0.15) is 0 Å². The van der Waals surface area contributed by atoms with Crippen molar-refractivity contribution in [3.63, 3.8) is 0 Å². The Morgan fingerprint density at radius 2 is 2.32 bits per heavy atom. The molecule has 0 spiro atoms. The van der Waals surface area contributed by atoms with Crippen LogP contribution in [-0.4, -0.2) is 17.4 Å². The van der Waals surface area contributed by atoms with Crippen molar-refractivity contribution in [3.05, 3.63) is 39.8 Å². The molecule has 2 heterocycles. The molecule has 0 fully saturated rings. The van der Waals surface area contributed by atoms with E-state index >= 15 is 0 Å². The van der Waals surface area contributed by atoms with Crippen LogP contribution < -0.4 is 10.6 Å². The molecule has 0 atom stereocenters. The van der Waals surface area contributed by atoms with E-state index in [4.69, 9.17) is 5.73 Å². The fourth-order valence-electron chi connectivity index (χ4n) is 2.40. The Hall–Kier alpha value is -1.88. The zero-order valence-corrected chi connectivity index (χ0v) is 11.5. The first-order valence-corrected chi connectivity index (χ1v) is 7.15. The summed E-state index contributed by atoms with van der Waals surface area (Å²) in [7, 11) is 0. The molecular weight excluding hydrogens is 258 g/mol. The van der Waals surface area contributed by atoms with E-state index in [1.807, 2.05) is 30.5 Å². The van der Waals surface area contributed by atoms with E-state index in [2.05, 4.69) is 4.98 Å². The van der Waals surface area contributed by atoms with Crippen LogP contribution >= 0.6 is 11.3 Å². The normalized spacial score (nSPS) is 14.3. The average Bonchev–Trinajstić information content (AvgIpc) is 2.84. The summed E-state index contributed by atoms with van der Waals surface area (Å²) < 4.78 is 0. The van der Waals surface area contributed by atoms with Crippen molar-refractivity contribution in [3.8, 4) is 0 Å². The van der Waals surface area contributed by atoms with Crippen molar-refractivity contribution in [2.24, 2.45) is 0 Å². The monoisotopic (exact) mass is 273 g/mol. The van der Waals surface area contributed by atoms with Crippen LogP contribution in [0.3, 0.4) is 0 Å². The number of aryl methyl sites for hydroxylation is 2.